The van der Waals surface area contributed by atoms with E-state index in [2.05, 4.69) is 20.6 Å². The fourth-order valence-corrected chi connectivity index (χ4v) is 2.00. The normalized spacial score (nSPS) is 14.0. The van der Waals surface area contributed by atoms with Gasteiger partial charge in [-0.15, -0.1) is 0 Å². The van der Waals surface area contributed by atoms with Gasteiger partial charge in [0.15, 0.2) is 0 Å². The largest absolute Gasteiger partial charge is 0.506 e. The van der Waals surface area contributed by atoms with Crippen molar-refractivity contribution < 1.29 is 5.11 Å². The smallest absolute Gasteiger partial charge is 0.227 e. The van der Waals surface area contributed by atoms with Crippen LogP contribution in [0.1, 0.15) is 11.3 Å². The van der Waals surface area contributed by atoms with Gasteiger partial charge in [-0.2, -0.15) is 0 Å². The highest BCUT2D eigenvalue weighted by molar-refractivity contribution is 5.61. The summed E-state index contributed by atoms with van der Waals surface area (Å²) in [6.45, 7) is 1.77. The number of anilines is 2. The predicted molar refractivity (Wildman–Crippen MR) is 68.8 cm³/mol. The molecule has 5 nitrogen and oxygen atoms in total. The van der Waals surface area contributed by atoms with Crippen molar-refractivity contribution >= 4 is 11.6 Å². The number of rotatable bonds is 2. The lowest BCUT2D eigenvalue weighted by atomic mass is 10.1. The summed E-state index contributed by atoms with van der Waals surface area (Å²) in [4.78, 5) is 8.73. The Morgan fingerprint density at radius 3 is 3.06 bits per heavy atom. The Morgan fingerprint density at radius 2 is 2.17 bits per heavy atom. The van der Waals surface area contributed by atoms with Crippen molar-refractivity contribution in [3.8, 4) is 5.75 Å². The van der Waals surface area contributed by atoms with Crippen molar-refractivity contribution in [3.05, 3.63) is 41.7 Å². The molecule has 0 amide bonds. The van der Waals surface area contributed by atoms with Crippen molar-refractivity contribution in [2.75, 3.05) is 11.9 Å². The molecule has 18 heavy (non-hydrogen) atoms. The van der Waals surface area contributed by atoms with E-state index in [9.17, 15) is 5.11 Å². The molecule has 0 radical (unpaired) electrons. The van der Waals surface area contributed by atoms with Crippen molar-refractivity contribution in [1.29, 1.82) is 0 Å². The topological polar surface area (TPSA) is 70.1 Å². The maximum Gasteiger partial charge on any atom is 0.227 e. The highest BCUT2D eigenvalue weighted by Gasteiger charge is 2.11. The first-order valence-corrected chi connectivity index (χ1v) is 5.93. The third-order valence-corrected chi connectivity index (χ3v) is 2.96. The second-order valence-corrected chi connectivity index (χ2v) is 4.23. The van der Waals surface area contributed by atoms with Gasteiger partial charge in [-0.3, -0.25) is 0 Å². The Bertz CT molecular complexity index is 571. The van der Waals surface area contributed by atoms with E-state index >= 15 is 0 Å². The molecule has 0 saturated carbocycles. The molecule has 0 atom stereocenters. The van der Waals surface area contributed by atoms with Crippen LogP contribution < -0.4 is 10.6 Å². The molecule has 0 unspecified atom stereocenters. The molecule has 1 aliphatic rings. The molecular weight excluding hydrogens is 228 g/mol. The van der Waals surface area contributed by atoms with Crippen molar-refractivity contribution in [2.45, 2.75) is 13.0 Å². The number of nitrogens with one attached hydrogen (secondary N) is 2. The highest BCUT2D eigenvalue weighted by Crippen LogP contribution is 2.24. The van der Waals surface area contributed by atoms with Gasteiger partial charge in [0.05, 0.1) is 11.4 Å². The van der Waals surface area contributed by atoms with Crippen LogP contribution in [0.5, 0.6) is 5.75 Å². The van der Waals surface area contributed by atoms with E-state index in [1.807, 2.05) is 12.3 Å². The second kappa shape index (κ2) is 4.62. The van der Waals surface area contributed by atoms with Crippen LogP contribution in [0, 0.1) is 0 Å². The number of benzene rings is 1. The third-order valence-electron chi connectivity index (χ3n) is 2.96. The summed E-state index contributed by atoms with van der Waals surface area (Å²) in [5.41, 5.74) is 2.83. The lowest BCUT2D eigenvalue weighted by Gasteiger charge is -2.16. The minimum absolute atomic E-state index is 0.195. The van der Waals surface area contributed by atoms with Gasteiger partial charge in [-0.05, 0) is 12.1 Å². The molecule has 5 heteroatoms. The molecule has 1 aromatic heterocycles. The number of aromatic nitrogens is 2. The lowest BCUT2D eigenvalue weighted by Crippen LogP contribution is -2.25. The Kier molecular flexibility index (Phi) is 2.82. The van der Waals surface area contributed by atoms with Crippen LogP contribution in [-0.4, -0.2) is 21.6 Å². The SMILES string of the molecule is Oc1ccccc1Nc1ncc2c(n1)CCNC2. The van der Waals surface area contributed by atoms with Gasteiger partial charge in [-0.25, -0.2) is 9.97 Å². The van der Waals surface area contributed by atoms with Crippen LogP contribution in [0.15, 0.2) is 30.5 Å². The van der Waals surface area contributed by atoms with Crippen molar-refractivity contribution in [3.63, 3.8) is 0 Å². The van der Waals surface area contributed by atoms with E-state index in [1.165, 1.54) is 0 Å². The Labute approximate surface area is 105 Å². The molecule has 0 bridgehead atoms. The van der Waals surface area contributed by atoms with E-state index < -0.39 is 0 Å². The predicted octanol–water partition coefficient (Wildman–Crippen LogP) is 1.57. The molecule has 92 valence electrons. The quantitative estimate of drug-likeness (QED) is 0.697. The van der Waals surface area contributed by atoms with Gasteiger partial charge >= 0.3 is 0 Å². The minimum Gasteiger partial charge on any atom is -0.506 e. The summed E-state index contributed by atoms with van der Waals surface area (Å²) in [7, 11) is 0. The molecule has 2 heterocycles. The van der Waals surface area contributed by atoms with Crippen molar-refractivity contribution in [2.24, 2.45) is 0 Å². The maximum absolute atomic E-state index is 9.68. The number of nitrogens with zero attached hydrogens (tertiary/aromatic N) is 2. The van der Waals surface area contributed by atoms with Crippen LogP contribution in [0.4, 0.5) is 11.6 Å². The van der Waals surface area contributed by atoms with E-state index in [4.69, 9.17) is 0 Å². The van der Waals surface area contributed by atoms with Crippen LogP contribution >= 0.6 is 0 Å². The van der Waals surface area contributed by atoms with Gasteiger partial charge in [0.25, 0.3) is 0 Å². The van der Waals surface area contributed by atoms with Crippen LogP contribution in [0.25, 0.3) is 0 Å². The number of para-hydroxylation sites is 2. The van der Waals surface area contributed by atoms with Crippen LogP contribution in [0.2, 0.25) is 0 Å². The third kappa shape index (κ3) is 2.12. The van der Waals surface area contributed by atoms with E-state index in [1.54, 1.807) is 18.2 Å². The van der Waals surface area contributed by atoms with Crippen LogP contribution in [0.3, 0.4) is 0 Å². The van der Waals surface area contributed by atoms with E-state index in [0.29, 0.717) is 11.6 Å². The summed E-state index contributed by atoms with van der Waals surface area (Å²) >= 11 is 0. The number of aromatic hydroxyl groups is 1. The zero-order chi connectivity index (χ0) is 12.4. The molecule has 2 aromatic rings. The molecule has 0 saturated heterocycles. The fourth-order valence-electron chi connectivity index (χ4n) is 2.00. The lowest BCUT2D eigenvalue weighted by molar-refractivity contribution is 0.477. The summed E-state index contributed by atoms with van der Waals surface area (Å²) in [5, 5.41) is 16.0. The average molecular weight is 242 g/mol. The maximum atomic E-state index is 9.68. The standard InChI is InChI=1S/C13H14N4O/c18-12-4-2-1-3-11(12)17-13-15-8-9-7-14-6-5-10(9)16-13/h1-4,8,14,18H,5-7H2,(H,15,16,17). The van der Waals surface area contributed by atoms with E-state index in [0.717, 1.165) is 30.8 Å². The number of hydrogen-bond donors (Lipinski definition) is 3. The number of phenolic OH excluding ortho intramolecular Hbond substituents is 1. The fraction of sp³-hybridized carbons (Fsp3) is 0.231. The minimum atomic E-state index is 0.195. The van der Waals surface area contributed by atoms with Gasteiger partial charge in [-0.1, -0.05) is 12.1 Å². The zero-order valence-electron chi connectivity index (χ0n) is 9.85. The van der Waals surface area contributed by atoms with Crippen molar-refractivity contribution in [1.82, 2.24) is 15.3 Å². The molecule has 3 rings (SSSR count). The monoisotopic (exact) mass is 242 g/mol. The van der Waals surface area contributed by atoms with Crippen LogP contribution in [-0.2, 0) is 13.0 Å². The first kappa shape index (κ1) is 11.0. The molecular formula is C13H14N4O. The number of phenols is 1. The molecule has 0 aliphatic carbocycles. The Balaban J connectivity index is 1.87. The summed E-state index contributed by atoms with van der Waals surface area (Å²) in [6, 6.07) is 7.05. The molecule has 1 aromatic carbocycles. The Morgan fingerprint density at radius 1 is 1.28 bits per heavy atom. The summed E-state index contributed by atoms with van der Waals surface area (Å²) in [6.07, 6.45) is 2.74. The van der Waals surface area contributed by atoms with Gasteiger partial charge in [0.1, 0.15) is 5.75 Å². The molecule has 0 fully saturated rings. The number of hydrogen-bond acceptors (Lipinski definition) is 5. The summed E-state index contributed by atoms with van der Waals surface area (Å²) in [5.74, 6) is 0.720. The zero-order valence-corrected chi connectivity index (χ0v) is 9.85. The molecule has 0 spiro atoms. The molecule has 1 aliphatic heterocycles. The average Bonchev–Trinajstić information content (AvgIpc) is 2.41. The second-order valence-electron chi connectivity index (χ2n) is 4.23. The highest BCUT2D eigenvalue weighted by atomic mass is 16.3. The first-order valence-electron chi connectivity index (χ1n) is 5.93. The van der Waals surface area contributed by atoms with Gasteiger partial charge in [0, 0.05) is 31.3 Å². The first-order chi connectivity index (χ1) is 8.83. The van der Waals surface area contributed by atoms with E-state index in [-0.39, 0.29) is 5.75 Å². The summed E-state index contributed by atoms with van der Waals surface area (Å²) < 4.78 is 0. The number of fused-ring (bicyclic) bond motifs is 1. The van der Waals surface area contributed by atoms with Gasteiger partial charge in [0.2, 0.25) is 5.95 Å². The molecule has 3 N–H and O–H groups in total. The Hall–Kier alpha value is -2.14. The van der Waals surface area contributed by atoms with Gasteiger partial charge < -0.3 is 15.7 Å².